The van der Waals surface area contributed by atoms with Crippen molar-refractivity contribution < 1.29 is 4.39 Å². The van der Waals surface area contributed by atoms with E-state index in [4.69, 9.17) is 0 Å². The lowest BCUT2D eigenvalue weighted by Crippen LogP contribution is -2.05. The standard InChI is InChI=1S/C12H14FN/c1-4-9(2)10(3)14-12-7-5-11(13)6-8-12/h4-9,14H,1,3H2,2H3. The van der Waals surface area contributed by atoms with E-state index in [9.17, 15) is 4.39 Å². The zero-order valence-electron chi connectivity index (χ0n) is 8.26. The van der Waals surface area contributed by atoms with Gasteiger partial charge in [-0.1, -0.05) is 19.6 Å². The quantitative estimate of drug-likeness (QED) is 0.717. The van der Waals surface area contributed by atoms with E-state index in [1.807, 2.05) is 6.92 Å². The van der Waals surface area contributed by atoms with Crippen LogP contribution in [-0.4, -0.2) is 0 Å². The molecule has 0 fully saturated rings. The van der Waals surface area contributed by atoms with E-state index in [-0.39, 0.29) is 11.7 Å². The molecule has 1 nitrogen and oxygen atoms in total. The van der Waals surface area contributed by atoms with Crippen LogP contribution < -0.4 is 5.32 Å². The van der Waals surface area contributed by atoms with Gasteiger partial charge in [-0.05, 0) is 24.3 Å². The molecule has 0 saturated heterocycles. The van der Waals surface area contributed by atoms with Crippen molar-refractivity contribution in [1.82, 2.24) is 0 Å². The molecule has 0 amide bonds. The van der Waals surface area contributed by atoms with Gasteiger partial charge in [0.15, 0.2) is 0 Å². The smallest absolute Gasteiger partial charge is 0.123 e. The highest BCUT2D eigenvalue weighted by Gasteiger charge is 2.01. The molecule has 1 N–H and O–H groups in total. The van der Waals surface area contributed by atoms with Gasteiger partial charge in [-0.3, -0.25) is 0 Å². The number of hydrogen-bond acceptors (Lipinski definition) is 1. The summed E-state index contributed by atoms with van der Waals surface area (Å²) < 4.78 is 12.6. The summed E-state index contributed by atoms with van der Waals surface area (Å²) in [5.41, 5.74) is 1.69. The number of anilines is 1. The van der Waals surface area contributed by atoms with Crippen molar-refractivity contribution in [3.05, 3.63) is 55.0 Å². The van der Waals surface area contributed by atoms with Gasteiger partial charge in [0.25, 0.3) is 0 Å². The van der Waals surface area contributed by atoms with E-state index in [1.54, 1.807) is 18.2 Å². The van der Waals surface area contributed by atoms with Crippen LogP contribution in [-0.2, 0) is 0 Å². The first-order chi connectivity index (χ1) is 6.63. The Kier molecular flexibility index (Phi) is 3.46. The van der Waals surface area contributed by atoms with Crippen LogP contribution in [0.1, 0.15) is 6.92 Å². The Morgan fingerprint density at radius 3 is 2.50 bits per heavy atom. The van der Waals surface area contributed by atoms with Crippen molar-refractivity contribution in [3.8, 4) is 0 Å². The Morgan fingerprint density at radius 1 is 1.43 bits per heavy atom. The Balaban J connectivity index is 2.65. The monoisotopic (exact) mass is 191 g/mol. The molecular formula is C12H14FN. The molecule has 0 bridgehead atoms. The average molecular weight is 191 g/mol. The van der Waals surface area contributed by atoms with Crippen molar-refractivity contribution in [2.24, 2.45) is 5.92 Å². The minimum Gasteiger partial charge on any atom is -0.359 e. The van der Waals surface area contributed by atoms with Crippen molar-refractivity contribution in [2.45, 2.75) is 6.92 Å². The number of allylic oxidation sites excluding steroid dienone is 1. The molecule has 1 aromatic carbocycles. The molecule has 0 aromatic heterocycles. The van der Waals surface area contributed by atoms with Gasteiger partial charge in [0, 0.05) is 17.3 Å². The second kappa shape index (κ2) is 4.61. The summed E-state index contributed by atoms with van der Waals surface area (Å²) in [6, 6.07) is 6.18. The lowest BCUT2D eigenvalue weighted by Gasteiger charge is -2.12. The van der Waals surface area contributed by atoms with Gasteiger partial charge in [0.05, 0.1) is 0 Å². The van der Waals surface area contributed by atoms with Crippen molar-refractivity contribution in [3.63, 3.8) is 0 Å². The van der Waals surface area contributed by atoms with Gasteiger partial charge in [-0.25, -0.2) is 4.39 Å². The molecule has 0 saturated carbocycles. The predicted octanol–water partition coefficient (Wildman–Crippen LogP) is 3.57. The third kappa shape index (κ3) is 2.73. The summed E-state index contributed by atoms with van der Waals surface area (Å²) >= 11 is 0. The molecule has 1 unspecified atom stereocenters. The molecule has 0 radical (unpaired) electrons. The summed E-state index contributed by atoms with van der Waals surface area (Å²) in [4.78, 5) is 0. The normalized spacial score (nSPS) is 11.9. The molecule has 74 valence electrons. The summed E-state index contributed by atoms with van der Waals surface area (Å²) in [5.74, 6) is -0.0435. The van der Waals surface area contributed by atoms with E-state index in [2.05, 4.69) is 18.5 Å². The molecule has 1 aromatic rings. The van der Waals surface area contributed by atoms with Crippen molar-refractivity contribution >= 4 is 5.69 Å². The first-order valence-electron chi connectivity index (χ1n) is 4.47. The third-order valence-corrected chi connectivity index (χ3v) is 2.05. The average Bonchev–Trinajstić information content (AvgIpc) is 2.20. The zero-order valence-corrected chi connectivity index (χ0v) is 8.26. The second-order valence-corrected chi connectivity index (χ2v) is 3.18. The zero-order chi connectivity index (χ0) is 10.6. The second-order valence-electron chi connectivity index (χ2n) is 3.18. The van der Waals surface area contributed by atoms with Gasteiger partial charge in [-0.2, -0.15) is 0 Å². The lowest BCUT2D eigenvalue weighted by molar-refractivity contribution is 0.628. The van der Waals surface area contributed by atoms with Crippen LogP contribution in [0.25, 0.3) is 0 Å². The maximum Gasteiger partial charge on any atom is 0.123 e. The van der Waals surface area contributed by atoms with E-state index in [0.717, 1.165) is 11.4 Å². The molecule has 2 heteroatoms. The summed E-state index contributed by atoms with van der Waals surface area (Å²) in [5, 5.41) is 3.09. The van der Waals surface area contributed by atoms with E-state index >= 15 is 0 Å². The highest BCUT2D eigenvalue weighted by molar-refractivity contribution is 5.48. The number of rotatable bonds is 4. The van der Waals surface area contributed by atoms with Crippen LogP contribution in [0.5, 0.6) is 0 Å². The SMILES string of the molecule is C=CC(C)C(=C)Nc1ccc(F)cc1. The Bertz CT molecular complexity index is 327. The fourth-order valence-electron chi connectivity index (χ4n) is 0.975. The fraction of sp³-hybridized carbons (Fsp3) is 0.167. The maximum absolute atomic E-state index is 12.6. The van der Waals surface area contributed by atoms with Crippen LogP contribution in [0.3, 0.4) is 0 Å². The van der Waals surface area contributed by atoms with Crippen LogP contribution in [0.15, 0.2) is 49.2 Å². The Morgan fingerprint density at radius 2 is 2.00 bits per heavy atom. The van der Waals surface area contributed by atoms with Crippen molar-refractivity contribution in [1.29, 1.82) is 0 Å². The molecule has 14 heavy (non-hydrogen) atoms. The number of hydrogen-bond donors (Lipinski definition) is 1. The first-order valence-corrected chi connectivity index (χ1v) is 4.47. The molecule has 0 heterocycles. The minimum absolute atomic E-state index is 0.194. The first kappa shape index (κ1) is 10.5. The summed E-state index contributed by atoms with van der Waals surface area (Å²) in [6.45, 7) is 9.54. The third-order valence-electron chi connectivity index (χ3n) is 2.05. The largest absolute Gasteiger partial charge is 0.359 e. The van der Waals surface area contributed by atoms with Crippen LogP contribution in [0, 0.1) is 11.7 Å². The van der Waals surface area contributed by atoms with Gasteiger partial charge in [-0.15, -0.1) is 6.58 Å². The van der Waals surface area contributed by atoms with Crippen LogP contribution in [0.2, 0.25) is 0 Å². The topological polar surface area (TPSA) is 12.0 Å². The molecule has 0 aliphatic heterocycles. The van der Waals surface area contributed by atoms with Crippen LogP contribution in [0.4, 0.5) is 10.1 Å². The van der Waals surface area contributed by atoms with E-state index < -0.39 is 0 Å². The summed E-state index contributed by atoms with van der Waals surface area (Å²) in [6.07, 6.45) is 1.80. The molecule has 0 aliphatic carbocycles. The summed E-state index contributed by atoms with van der Waals surface area (Å²) in [7, 11) is 0. The fourth-order valence-corrected chi connectivity index (χ4v) is 0.975. The van der Waals surface area contributed by atoms with Gasteiger partial charge < -0.3 is 5.32 Å². The number of nitrogens with one attached hydrogen (secondary N) is 1. The van der Waals surface area contributed by atoms with Gasteiger partial charge in [0.1, 0.15) is 5.82 Å². The lowest BCUT2D eigenvalue weighted by atomic mass is 10.1. The Hall–Kier alpha value is -1.57. The number of halogens is 1. The highest BCUT2D eigenvalue weighted by Crippen LogP contribution is 2.15. The van der Waals surface area contributed by atoms with Crippen molar-refractivity contribution in [2.75, 3.05) is 5.32 Å². The molecule has 0 aliphatic rings. The van der Waals surface area contributed by atoms with Gasteiger partial charge in [0.2, 0.25) is 0 Å². The molecule has 1 rings (SSSR count). The highest BCUT2D eigenvalue weighted by atomic mass is 19.1. The van der Waals surface area contributed by atoms with Crippen LogP contribution >= 0.6 is 0 Å². The predicted molar refractivity (Wildman–Crippen MR) is 58.5 cm³/mol. The molecule has 0 spiro atoms. The minimum atomic E-state index is -0.238. The maximum atomic E-state index is 12.6. The molecular weight excluding hydrogens is 177 g/mol. The Labute approximate surface area is 84.0 Å². The van der Waals surface area contributed by atoms with E-state index in [1.165, 1.54) is 12.1 Å². The number of benzene rings is 1. The van der Waals surface area contributed by atoms with E-state index in [0.29, 0.717) is 0 Å². The molecule has 1 atom stereocenters. The van der Waals surface area contributed by atoms with Gasteiger partial charge >= 0.3 is 0 Å².